The van der Waals surface area contributed by atoms with E-state index in [9.17, 15) is 123 Å². The standard InChI is InChI=1S/C12H21F3O.C11H9F7O.C11H13F3O.C11H19F3O.C11H16O.2C10H11F3O.C10H14O.2C2H3F3/c1-9(2)7-16-8-10-3-5-11(6-4-10)12(13,14)15;1-4(2)3-19-10-8(14)6(12)5(11(16,17)18)7(13)9(10)15;1-7(2)5-15-6-8-3-10(13)11(14)4-9(8)12;1-8(2)7-15-10-5-3-9(4-6-10)11(12,13)14;1-10(2)8-12-9-11-6-4-3-5-7-11;1-6(2)5-14-7-3-8(11)10(13)9(12)4-7;1-6(2)5-14-8-4-3-7(11)9(12)10(8)13;1-9(2)8-11-10-6-4-3-5-7-10;2*1-2(3,4)5/h9-11H,3-8H2,1-2H3;4H,3H2,1-2H3;3-4,7H,5-6H2,1-2H3;8-10H,3-7H2,1-2H3;3-7,10H,8-9H2,1-2H3;2*3-4,6H,5H2,1-2H3;3-7,9H,8H2,1-2H3;2*1H3. The first-order chi connectivity index (χ1) is 58.0. The van der Waals surface area contributed by atoms with Crippen molar-refractivity contribution in [3.63, 3.8) is 0 Å². The van der Waals surface area contributed by atoms with Crippen molar-refractivity contribution in [3.05, 3.63) is 189 Å². The lowest BCUT2D eigenvalue weighted by atomic mass is 9.82. The van der Waals surface area contributed by atoms with Crippen molar-refractivity contribution in [3.8, 4) is 23.0 Å². The van der Waals surface area contributed by atoms with Gasteiger partial charge in [0.1, 0.15) is 22.9 Å². The Hall–Kier alpha value is -7.60. The predicted molar refractivity (Wildman–Crippen MR) is 427 cm³/mol. The lowest BCUT2D eigenvalue weighted by Crippen LogP contribution is -2.31. The molecule has 2 saturated carbocycles. The minimum Gasteiger partial charge on any atom is -0.493 e. The maximum absolute atomic E-state index is 13.3. The van der Waals surface area contributed by atoms with Crippen LogP contribution in [-0.4, -0.2) is 90.3 Å². The summed E-state index contributed by atoms with van der Waals surface area (Å²) in [4.78, 5) is 0. The Morgan fingerprint density at radius 2 is 0.675 bits per heavy atom. The summed E-state index contributed by atoms with van der Waals surface area (Å²) >= 11 is 0. The summed E-state index contributed by atoms with van der Waals surface area (Å²) in [5, 5.41) is 0. The van der Waals surface area contributed by atoms with Gasteiger partial charge in [-0.25, -0.2) is 43.9 Å². The largest absolute Gasteiger partial charge is 0.493 e. The molecule has 0 saturated heterocycles. The second kappa shape index (κ2) is 61.1. The van der Waals surface area contributed by atoms with Crippen LogP contribution < -0.4 is 18.9 Å². The Labute approximate surface area is 721 Å². The zero-order valence-corrected chi connectivity index (χ0v) is 73.9. The molecule has 0 spiro atoms. The van der Waals surface area contributed by atoms with Crippen LogP contribution in [0.25, 0.3) is 0 Å². The van der Waals surface area contributed by atoms with Gasteiger partial charge in [-0.3, -0.25) is 0 Å². The van der Waals surface area contributed by atoms with Crippen LogP contribution in [0.3, 0.4) is 0 Å². The highest BCUT2D eigenvalue weighted by molar-refractivity contribution is 5.36. The third-order valence-electron chi connectivity index (χ3n) is 15.8. The number of halogens is 28. The molecule has 0 unspecified atom stereocenters. The molecule has 2 aliphatic carbocycles. The Morgan fingerprint density at radius 1 is 0.310 bits per heavy atom. The zero-order chi connectivity index (χ0) is 97.4. The number of rotatable bonds is 27. The lowest BCUT2D eigenvalue weighted by molar-refractivity contribution is -0.188. The fraction of sp³-hybridized carbons (Fsp3) is 0.600. The van der Waals surface area contributed by atoms with E-state index in [4.69, 9.17) is 33.2 Å². The van der Waals surface area contributed by atoms with Gasteiger partial charge >= 0.3 is 30.9 Å². The highest BCUT2D eigenvalue weighted by Crippen LogP contribution is 2.42. The smallest absolute Gasteiger partial charge is 0.422 e. The molecule has 0 aromatic heterocycles. The van der Waals surface area contributed by atoms with Gasteiger partial charge in [0.15, 0.2) is 63.9 Å². The van der Waals surface area contributed by atoms with Crippen molar-refractivity contribution >= 4 is 0 Å². The molecule has 724 valence electrons. The molecule has 8 rings (SSSR count). The number of alkyl halides is 15. The summed E-state index contributed by atoms with van der Waals surface area (Å²) in [7, 11) is 0. The van der Waals surface area contributed by atoms with E-state index in [1.165, 1.54) is 5.56 Å². The van der Waals surface area contributed by atoms with E-state index in [2.05, 4.69) is 58.4 Å². The molecular weight excluding hydrogens is 1740 g/mol. The number of hydrogen-bond donors (Lipinski definition) is 0. The highest BCUT2D eigenvalue weighted by atomic mass is 19.4. The molecule has 6 aromatic rings. The van der Waals surface area contributed by atoms with Crippen LogP contribution in [0, 0.1) is 141 Å². The third-order valence-corrected chi connectivity index (χ3v) is 15.8. The van der Waals surface area contributed by atoms with Crippen LogP contribution in [0.5, 0.6) is 23.0 Å². The average molecular weight is 1860 g/mol. The molecule has 0 aliphatic heterocycles. The van der Waals surface area contributed by atoms with Crippen molar-refractivity contribution in [2.45, 2.75) is 226 Å². The number of hydrogen-bond acceptors (Lipinski definition) is 8. The van der Waals surface area contributed by atoms with Crippen molar-refractivity contribution in [1.29, 1.82) is 0 Å². The van der Waals surface area contributed by atoms with Gasteiger partial charge in [-0.15, -0.1) is 0 Å². The Morgan fingerprint density at radius 3 is 1.08 bits per heavy atom. The fourth-order valence-electron chi connectivity index (χ4n) is 9.85. The molecule has 0 atom stereocenters. The topological polar surface area (TPSA) is 73.8 Å². The van der Waals surface area contributed by atoms with Gasteiger partial charge in [0, 0.05) is 70.6 Å². The predicted octanol–water partition coefficient (Wildman–Crippen LogP) is 30.4. The first kappa shape index (κ1) is 120. The maximum atomic E-state index is 13.3. The van der Waals surface area contributed by atoms with Crippen LogP contribution in [0.1, 0.15) is 193 Å². The summed E-state index contributed by atoms with van der Waals surface area (Å²) < 4.78 is 382. The van der Waals surface area contributed by atoms with Crippen molar-refractivity contribution in [2.75, 3.05) is 59.5 Å². The number of ether oxygens (including phenoxy) is 8. The van der Waals surface area contributed by atoms with Crippen LogP contribution in [0.15, 0.2) is 97.1 Å². The van der Waals surface area contributed by atoms with Crippen LogP contribution in [0.2, 0.25) is 0 Å². The normalized spacial score (nSPS) is 15.2. The monoisotopic (exact) mass is 1860 g/mol. The van der Waals surface area contributed by atoms with Crippen molar-refractivity contribution < 1.29 is 161 Å². The first-order valence-corrected chi connectivity index (χ1v) is 40.5. The number of para-hydroxylation sites is 1. The highest BCUT2D eigenvalue weighted by Gasteiger charge is 2.44. The van der Waals surface area contributed by atoms with E-state index < -0.39 is 130 Å². The van der Waals surface area contributed by atoms with E-state index >= 15 is 0 Å². The molecule has 0 bridgehead atoms. The van der Waals surface area contributed by atoms with Crippen molar-refractivity contribution in [1.82, 2.24) is 0 Å². The maximum Gasteiger partial charge on any atom is 0.422 e. The van der Waals surface area contributed by atoms with Gasteiger partial charge in [-0.05, 0) is 141 Å². The van der Waals surface area contributed by atoms with E-state index in [0.717, 1.165) is 55.9 Å². The van der Waals surface area contributed by atoms with Crippen LogP contribution in [0.4, 0.5) is 123 Å². The van der Waals surface area contributed by atoms with Crippen molar-refractivity contribution in [2.24, 2.45) is 65.1 Å². The van der Waals surface area contributed by atoms with E-state index in [0.29, 0.717) is 100 Å². The summed E-state index contributed by atoms with van der Waals surface area (Å²) in [6, 6.07) is 25.1. The van der Waals surface area contributed by atoms with Crippen LogP contribution in [-0.2, 0) is 38.3 Å². The molecule has 126 heavy (non-hydrogen) atoms. The molecule has 2 aliphatic rings. The minimum atomic E-state index is -5.55. The number of benzene rings is 6. The van der Waals surface area contributed by atoms with E-state index in [1.807, 2.05) is 104 Å². The second-order valence-electron chi connectivity index (χ2n) is 32.6. The van der Waals surface area contributed by atoms with Crippen LogP contribution >= 0.6 is 0 Å². The lowest BCUT2D eigenvalue weighted by Gasteiger charge is -2.30. The van der Waals surface area contributed by atoms with Gasteiger partial charge in [-0.1, -0.05) is 159 Å². The molecular formula is C90H120F28O8. The summed E-state index contributed by atoms with van der Waals surface area (Å²) in [5.41, 5.74) is -1.33. The molecule has 0 amide bonds. The molecule has 2 fully saturated rings. The zero-order valence-electron chi connectivity index (χ0n) is 73.9. The van der Waals surface area contributed by atoms with Gasteiger partial charge in [0.25, 0.3) is 0 Å². The molecule has 6 aromatic carbocycles. The third kappa shape index (κ3) is 58.8. The van der Waals surface area contributed by atoms with E-state index in [-0.39, 0.29) is 100 Å². The SMILES string of the molecule is CC(C)COC1CCC(C(F)(F)F)CC1.CC(C)COCC1CCC(C(F)(F)F)CC1.CC(C)COCc1cc(F)c(F)cc1F.CC(C)COCc1ccccc1.CC(C)COc1c(F)c(F)c(C(F)(F)F)c(F)c1F.CC(C)COc1cc(F)c(F)c(F)c1.CC(C)COc1ccc(F)c(F)c1F.CC(C)COc1ccccc1.CC(F)(F)F.CC(F)(F)F. The second-order valence-corrected chi connectivity index (χ2v) is 32.6. The first-order valence-electron chi connectivity index (χ1n) is 40.5. The average Bonchev–Trinajstić information content (AvgIpc) is 0.768. The summed E-state index contributed by atoms with van der Waals surface area (Å²) in [6.07, 6.45) is -18.1. The fourth-order valence-corrected chi connectivity index (χ4v) is 9.85. The molecule has 8 nitrogen and oxygen atoms in total. The Kier molecular flexibility index (Phi) is 58.4. The van der Waals surface area contributed by atoms with Gasteiger partial charge in [0.05, 0.1) is 57.6 Å². The molecule has 0 heterocycles. The van der Waals surface area contributed by atoms with Gasteiger partial charge < -0.3 is 37.9 Å². The Balaban J connectivity index is 0. The Bertz CT molecular complexity index is 3780. The van der Waals surface area contributed by atoms with E-state index in [1.54, 1.807) is 13.8 Å². The van der Waals surface area contributed by atoms with Gasteiger partial charge in [-0.2, -0.15) is 79.0 Å². The summed E-state index contributed by atoms with van der Waals surface area (Å²) in [6.45, 7) is 36.9. The summed E-state index contributed by atoms with van der Waals surface area (Å²) in [5.74, 6) is -20.3. The minimum absolute atomic E-state index is 0.00935. The molecule has 0 N–H and O–H groups in total. The quantitative estimate of drug-likeness (QED) is 0.0287. The molecule has 36 heteroatoms. The van der Waals surface area contributed by atoms with Gasteiger partial charge in [0.2, 0.25) is 17.5 Å². The molecule has 0 radical (unpaired) electrons.